The average Bonchev–Trinajstić information content (AvgIpc) is 2.68. The number of ether oxygens (including phenoxy) is 1. The molecule has 166 valence electrons. The lowest BCUT2D eigenvalue weighted by Crippen LogP contribution is -2.48. The summed E-state index contributed by atoms with van der Waals surface area (Å²) in [6.45, 7) is 7.88. The summed E-state index contributed by atoms with van der Waals surface area (Å²) in [5.41, 5.74) is 0. The highest BCUT2D eigenvalue weighted by Crippen LogP contribution is 2.45. The van der Waals surface area contributed by atoms with Crippen LogP contribution in [0.3, 0.4) is 0 Å². The fraction of sp³-hybridized carbons (Fsp3) is 1.00. The van der Waals surface area contributed by atoms with Crippen LogP contribution in [0.2, 0.25) is 0 Å². The molecule has 28 heavy (non-hydrogen) atoms. The molecule has 0 aromatic heterocycles. The molecule has 0 heterocycles. The fourth-order valence-electron chi connectivity index (χ4n) is 5.39. The lowest BCUT2D eigenvalue weighted by molar-refractivity contribution is -0.314. The van der Waals surface area contributed by atoms with Crippen LogP contribution in [0.4, 0.5) is 17.6 Å². The molecule has 3 fully saturated rings. The van der Waals surface area contributed by atoms with Gasteiger partial charge in [0.2, 0.25) is 0 Å². The minimum absolute atomic E-state index is 0.00857. The van der Waals surface area contributed by atoms with Crippen molar-refractivity contribution in [2.24, 2.45) is 29.6 Å². The molecular formula is C23H40F4O. The Morgan fingerprint density at radius 3 is 1.71 bits per heavy atom. The average molecular weight is 409 g/mol. The van der Waals surface area contributed by atoms with E-state index in [0.29, 0.717) is 18.8 Å². The summed E-state index contributed by atoms with van der Waals surface area (Å²) < 4.78 is 62.1. The van der Waals surface area contributed by atoms with E-state index in [2.05, 4.69) is 6.92 Å². The highest BCUT2D eigenvalue weighted by Gasteiger charge is 2.53. The zero-order valence-electron chi connectivity index (χ0n) is 18.1. The first-order chi connectivity index (χ1) is 13.3. The van der Waals surface area contributed by atoms with E-state index in [9.17, 15) is 17.6 Å². The van der Waals surface area contributed by atoms with Gasteiger partial charge in [0.25, 0.3) is 0 Å². The van der Waals surface area contributed by atoms with Crippen LogP contribution in [0, 0.1) is 29.6 Å². The van der Waals surface area contributed by atoms with Crippen LogP contribution in [0.15, 0.2) is 0 Å². The van der Waals surface area contributed by atoms with E-state index in [-0.39, 0.29) is 12.8 Å². The number of halogens is 4. The molecule has 0 aromatic carbocycles. The first-order valence-electron chi connectivity index (χ1n) is 11.6. The summed E-state index contributed by atoms with van der Waals surface area (Å²) in [5.74, 6) is 0.0263. The fourth-order valence-corrected chi connectivity index (χ4v) is 5.39. The van der Waals surface area contributed by atoms with Gasteiger partial charge in [-0.15, -0.1) is 0 Å². The minimum Gasteiger partial charge on any atom is -0.317 e. The SMILES string of the molecule is CC.CC1CCC(C2CCC(OC(F)(F)C3CCC(C)C(F)C3F)CC2)CC1. The smallest absolute Gasteiger partial charge is 0.317 e. The second-order valence-corrected chi connectivity index (χ2v) is 9.29. The quantitative estimate of drug-likeness (QED) is 0.432. The Morgan fingerprint density at radius 2 is 1.18 bits per heavy atom. The maximum Gasteiger partial charge on any atom is 0.361 e. The molecule has 3 aliphatic rings. The van der Waals surface area contributed by atoms with Crippen molar-refractivity contribution in [1.82, 2.24) is 0 Å². The molecule has 0 spiro atoms. The molecule has 0 amide bonds. The van der Waals surface area contributed by atoms with Crippen LogP contribution < -0.4 is 0 Å². The summed E-state index contributed by atoms with van der Waals surface area (Å²) in [6.07, 6.45) is 0.406. The Kier molecular flexibility index (Phi) is 9.10. The number of hydrogen-bond donors (Lipinski definition) is 0. The Hall–Kier alpha value is -0.320. The summed E-state index contributed by atoms with van der Waals surface area (Å²) >= 11 is 0. The number of rotatable bonds is 4. The van der Waals surface area contributed by atoms with Crippen LogP contribution >= 0.6 is 0 Å². The standard InChI is InChI=1S/C21H34F4O.C2H6/c1-13-3-6-15(7-4-13)16-8-10-17(11-9-16)26-21(24,25)18-12-5-14(2)19(22)20(18)23;1-2/h13-20H,3-12H2,1-2H3;1-2H3. The maximum absolute atomic E-state index is 14.5. The van der Waals surface area contributed by atoms with Gasteiger partial charge in [-0.3, -0.25) is 0 Å². The first-order valence-corrected chi connectivity index (χ1v) is 11.6. The Bertz CT molecular complexity index is 442. The van der Waals surface area contributed by atoms with Crippen molar-refractivity contribution in [2.45, 2.75) is 116 Å². The van der Waals surface area contributed by atoms with Crippen LogP contribution in [-0.4, -0.2) is 24.6 Å². The molecule has 0 N–H and O–H groups in total. The molecule has 3 aliphatic carbocycles. The monoisotopic (exact) mass is 408 g/mol. The van der Waals surface area contributed by atoms with Crippen molar-refractivity contribution in [3.8, 4) is 0 Å². The van der Waals surface area contributed by atoms with Crippen molar-refractivity contribution < 1.29 is 22.3 Å². The predicted octanol–water partition coefficient (Wildman–Crippen LogP) is 7.73. The second-order valence-electron chi connectivity index (χ2n) is 9.29. The van der Waals surface area contributed by atoms with E-state index in [1.807, 2.05) is 13.8 Å². The molecule has 3 rings (SSSR count). The molecule has 5 heteroatoms. The molecule has 0 aromatic rings. The third kappa shape index (κ3) is 5.86. The molecule has 0 aliphatic heterocycles. The van der Waals surface area contributed by atoms with Crippen molar-refractivity contribution >= 4 is 0 Å². The summed E-state index contributed by atoms with van der Waals surface area (Å²) in [6, 6.07) is 0. The largest absolute Gasteiger partial charge is 0.361 e. The van der Waals surface area contributed by atoms with Crippen LogP contribution in [0.25, 0.3) is 0 Å². The zero-order chi connectivity index (χ0) is 20.9. The van der Waals surface area contributed by atoms with Gasteiger partial charge in [0, 0.05) is 0 Å². The van der Waals surface area contributed by atoms with Crippen LogP contribution in [0.5, 0.6) is 0 Å². The Labute approximate surface area is 169 Å². The number of hydrogen-bond acceptors (Lipinski definition) is 1. The van der Waals surface area contributed by atoms with Gasteiger partial charge in [-0.2, -0.15) is 8.78 Å². The van der Waals surface area contributed by atoms with Gasteiger partial charge in [0.1, 0.15) is 12.3 Å². The highest BCUT2D eigenvalue weighted by molar-refractivity contribution is 4.91. The molecule has 0 radical (unpaired) electrons. The van der Waals surface area contributed by atoms with Gasteiger partial charge >= 0.3 is 6.11 Å². The van der Waals surface area contributed by atoms with Gasteiger partial charge in [0.05, 0.1) is 12.0 Å². The normalized spacial score (nSPS) is 42.4. The van der Waals surface area contributed by atoms with E-state index < -0.39 is 36.4 Å². The maximum atomic E-state index is 14.5. The van der Waals surface area contributed by atoms with E-state index in [4.69, 9.17) is 4.74 Å². The van der Waals surface area contributed by atoms with Crippen molar-refractivity contribution in [3.05, 3.63) is 0 Å². The van der Waals surface area contributed by atoms with E-state index >= 15 is 0 Å². The van der Waals surface area contributed by atoms with E-state index in [1.165, 1.54) is 25.7 Å². The van der Waals surface area contributed by atoms with Gasteiger partial charge in [0.15, 0.2) is 0 Å². The molecular weight excluding hydrogens is 368 g/mol. The highest BCUT2D eigenvalue weighted by atomic mass is 19.3. The first kappa shape index (κ1) is 24.0. The van der Waals surface area contributed by atoms with Gasteiger partial charge in [-0.1, -0.05) is 40.5 Å². The third-order valence-electron chi connectivity index (χ3n) is 7.37. The zero-order valence-corrected chi connectivity index (χ0v) is 18.1. The molecule has 1 nitrogen and oxygen atoms in total. The molecule has 0 saturated heterocycles. The Morgan fingerprint density at radius 1 is 0.679 bits per heavy atom. The topological polar surface area (TPSA) is 9.23 Å². The van der Waals surface area contributed by atoms with E-state index in [0.717, 1.165) is 24.7 Å². The number of alkyl halides is 4. The molecule has 4 atom stereocenters. The summed E-state index contributed by atoms with van der Waals surface area (Å²) in [4.78, 5) is 0. The van der Waals surface area contributed by atoms with Crippen LogP contribution in [-0.2, 0) is 4.74 Å². The van der Waals surface area contributed by atoms with E-state index in [1.54, 1.807) is 6.92 Å². The minimum atomic E-state index is -3.57. The van der Waals surface area contributed by atoms with Gasteiger partial charge in [-0.05, 0) is 75.0 Å². The Balaban J connectivity index is 0.00000136. The second kappa shape index (κ2) is 10.6. The molecule has 4 unspecified atom stereocenters. The lowest BCUT2D eigenvalue weighted by Gasteiger charge is -2.40. The predicted molar refractivity (Wildman–Crippen MR) is 106 cm³/mol. The van der Waals surface area contributed by atoms with Gasteiger partial charge in [-0.25, -0.2) is 8.78 Å². The molecule has 3 saturated carbocycles. The van der Waals surface area contributed by atoms with Crippen molar-refractivity contribution in [3.63, 3.8) is 0 Å². The van der Waals surface area contributed by atoms with Gasteiger partial charge < -0.3 is 4.74 Å². The molecule has 0 bridgehead atoms. The van der Waals surface area contributed by atoms with Crippen molar-refractivity contribution in [1.29, 1.82) is 0 Å². The van der Waals surface area contributed by atoms with Crippen molar-refractivity contribution in [2.75, 3.05) is 0 Å². The summed E-state index contributed by atoms with van der Waals surface area (Å²) in [7, 11) is 0. The van der Waals surface area contributed by atoms with Crippen LogP contribution in [0.1, 0.15) is 91.9 Å². The summed E-state index contributed by atoms with van der Waals surface area (Å²) in [5, 5.41) is 0. The third-order valence-corrected chi connectivity index (χ3v) is 7.37. The lowest BCUT2D eigenvalue weighted by atomic mass is 9.71.